The predicted molar refractivity (Wildman–Crippen MR) is 73.3 cm³/mol. The molecule has 1 heterocycles. The van der Waals surface area contributed by atoms with Crippen molar-refractivity contribution < 1.29 is 17.9 Å². The van der Waals surface area contributed by atoms with Gasteiger partial charge in [0.1, 0.15) is 10.9 Å². The first-order valence-corrected chi connectivity index (χ1v) is 6.63. The summed E-state index contributed by atoms with van der Waals surface area (Å²) in [6, 6.07) is 8.02. The lowest BCUT2D eigenvalue weighted by Crippen LogP contribution is -2.11. The van der Waals surface area contributed by atoms with Gasteiger partial charge in [0.25, 0.3) is 0 Å². The summed E-state index contributed by atoms with van der Waals surface area (Å²) >= 11 is 5.67. The molecule has 0 bridgehead atoms. The highest BCUT2D eigenvalue weighted by Crippen LogP contribution is 2.33. The van der Waals surface area contributed by atoms with Gasteiger partial charge in [-0.05, 0) is 18.6 Å². The molecule has 0 spiro atoms. The van der Waals surface area contributed by atoms with Crippen LogP contribution >= 0.6 is 11.6 Å². The molecule has 0 aliphatic carbocycles. The molecule has 112 valence electrons. The van der Waals surface area contributed by atoms with E-state index in [0.717, 1.165) is 6.42 Å². The van der Waals surface area contributed by atoms with E-state index in [1.54, 1.807) is 24.3 Å². The van der Waals surface area contributed by atoms with Gasteiger partial charge in [-0.2, -0.15) is 13.2 Å². The van der Waals surface area contributed by atoms with Crippen molar-refractivity contribution in [3.05, 3.63) is 41.3 Å². The molecule has 0 saturated heterocycles. The van der Waals surface area contributed by atoms with E-state index in [0.29, 0.717) is 17.9 Å². The van der Waals surface area contributed by atoms with Crippen LogP contribution in [0.4, 0.5) is 13.2 Å². The van der Waals surface area contributed by atoms with Gasteiger partial charge in [0, 0.05) is 11.6 Å². The Kier molecular flexibility index (Phi) is 4.67. The maximum absolute atomic E-state index is 12.8. The summed E-state index contributed by atoms with van der Waals surface area (Å²) in [6.45, 7) is 2.40. The lowest BCUT2D eigenvalue weighted by molar-refractivity contribution is -0.144. The van der Waals surface area contributed by atoms with Gasteiger partial charge in [-0.25, -0.2) is 9.97 Å². The third-order valence-electron chi connectivity index (χ3n) is 2.57. The second-order valence-electron chi connectivity index (χ2n) is 4.24. The smallest absolute Gasteiger partial charge is 0.451 e. The minimum atomic E-state index is -4.65. The van der Waals surface area contributed by atoms with Crippen molar-refractivity contribution in [1.82, 2.24) is 9.97 Å². The van der Waals surface area contributed by atoms with Crippen LogP contribution < -0.4 is 4.74 Å². The topological polar surface area (TPSA) is 35.0 Å². The van der Waals surface area contributed by atoms with Crippen molar-refractivity contribution in [2.45, 2.75) is 19.5 Å². The van der Waals surface area contributed by atoms with Gasteiger partial charge in [0.05, 0.1) is 12.3 Å². The fourth-order valence-electron chi connectivity index (χ4n) is 1.70. The summed E-state index contributed by atoms with van der Waals surface area (Å²) in [7, 11) is 0. The molecule has 1 aromatic heterocycles. The molecule has 0 aliphatic rings. The summed E-state index contributed by atoms with van der Waals surface area (Å²) in [5, 5.41) is -0.266. The molecule has 0 fully saturated rings. The van der Waals surface area contributed by atoms with Gasteiger partial charge in [-0.15, -0.1) is 0 Å². The molecular weight excluding hydrogens is 305 g/mol. The molecule has 2 rings (SSSR count). The Morgan fingerprint density at radius 3 is 2.57 bits per heavy atom. The number of para-hydroxylation sites is 1. The highest BCUT2D eigenvalue weighted by molar-refractivity contribution is 6.29. The van der Waals surface area contributed by atoms with Crippen molar-refractivity contribution in [2.24, 2.45) is 0 Å². The van der Waals surface area contributed by atoms with Gasteiger partial charge in [-0.1, -0.05) is 30.7 Å². The summed E-state index contributed by atoms with van der Waals surface area (Å²) in [4.78, 5) is 6.75. The SMILES string of the molecule is CCCOc1ccccc1-c1cc(Cl)nc(C(F)(F)F)n1. The van der Waals surface area contributed by atoms with Crippen molar-refractivity contribution in [3.8, 4) is 17.0 Å². The van der Waals surface area contributed by atoms with Gasteiger partial charge in [0.2, 0.25) is 5.82 Å². The average Bonchev–Trinajstić information content (AvgIpc) is 2.44. The van der Waals surface area contributed by atoms with E-state index in [-0.39, 0.29) is 10.8 Å². The van der Waals surface area contributed by atoms with E-state index in [4.69, 9.17) is 16.3 Å². The predicted octanol–water partition coefficient (Wildman–Crippen LogP) is 4.60. The minimum absolute atomic E-state index is 0.0778. The van der Waals surface area contributed by atoms with Crippen LogP contribution in [-0.2, 0) is 6.18 Å². The Morgan fingerprint density at radius 1 is 1.19 bits per heavy atom. The Morgan fingerprint density at radius 2 is 1.90 bits per heavy atom. The molecule has 0 amide bonds. The molecule has 0 aliphatic heterocycles. The first-order chi connectivity index (χ1) is 9.91. The largest absolute Gasteiger partial charge is 0.493 e. The Bertz CT molecular complexity index is 632. The molecule has 0 radical (unpaired) electrons. The highest BCUT2D eigenvalue weighted by atomic mass is 35.5. The van der Waals surface area contributed by atoms with Crippen LogP contribution in [0.15, 0.2) is 30.3 Å². The number of halogens is 4. The molecule has 3 nitrogen and oxygen atoms in total. The number of hydrogen-bond donors (Lipinski definition) is 0. The molecule has 7 heteroatoms. The summed E-state index contributed by atoms with van der Waals surface area (Å²) < 4.78 is 43.8. The van der Waals surface area contributed by atoms with Crippen LogP contribution in [0.25, 0.3) is 11.3 Å². The number of rotatable bonds is 4. The molecule has 1 aromatic carbocycles. The van der Waals surface area contributed by atoms with Crippen molar-refractivity contribution in [3.63, 3.8) is 0 Å². The van der Waals surface area contributed by atoms with Gasteiger partial charge in [-0.3, -0.25) is 0 Å². The zero-order valence-electron chi connectivity index (χ0n) is 11.1. The Hall–Kier alpha value is -1.82. The summed E-state index contributed by atoms with van der Waals surface area (Å²) in [5.41, 5.74) is 0.523. The second kappa shape index (κ2) is 6.30. The number of alkyl halides is 3. The fourth-order valence-corrected chi connectivity index (χ4v) is 1.88. The maximum atomic E-state index is 12.8. The highest BCUT2D eigenvalue weighted by Gasteiger charge is 2.35. The quantitative estimate of drug-likeness (QED) is 0.773. The Balaban J connectivity index is 2.49. The maximum Gasteiger partial charge on any atom is 0.451 e. The van der Waals surface area contributed by atoms with Crippen LogP contribution in [0.3, 0.4) is 0 Å². The van der Waals surface area contributed by atoms with Crippen LogP contribution in [0.5, 0.6) is 5.75 Å². The molecule has 0 N–H and O–H groups in total. The average molecular weight is 317 g/mol. The molecular formula is C14H12ClF3N2O. The third kappa shape index (κ3) is 3.85. The van der Waals surface area contributed by atoms with E-state index >= 15 is 0 Å². The molecule has 2 aromatic rings. The van der Waals surface area contributed by atoms with E-state index < -0.39 is 12.0 Å². The van der Waals surface area contributed by atoms with E-state index in [2.05, 4.69) is 9.97 Å². The zero-order valence-corrected chi connectivity index (χ0v) is 11.9. The van der Waals surface area contributed by atoms with Crippen LogP contribution in [0, 0.1) is 0 Å². The monoisotopic (exact) mass is 316 g/mol. The Labute approximate surface area is 124 Å². The first-order valence-electron chi connectivity index (χ1n) is 6.25. The van der Waals surface area contributed by atoms with E-state index in [1.165, 1.54) is 6.07 Å². The number of aromatic nitrogens is 2. The molecule has 21 heavy (non-hydrogen) atoms. The lowest BCUT2D eigenvalue weighted by atomic mass is 10.1. The molecule has 0 atom stereocenters. The van der Waals surface area contributed by atoms with E-state index in [1.807, 2.05) is 6.92 Å². The fraction of sp³-hybridized carbons (Fsp3) is 0.286. The normalized spacial score (nSPS) is 11.5. The molecule has 0 unspecified atom stereocenters. The van der Waals surface area contributed by atoms with E-state index in [9.17, 15) is 13.2 Å². The van der Waals surface area contributed by atoms with Gasteiger partial charge >= 0.3 is 6.18 Å². The summed E-state index contributed by atoms with van der Waals surface area (Å²) in [6.07, 6.45) is -3.87. The van der Waals surface area contributed by atoms with Crippen LogP contribution in [0.1, 0.15) is 19.2 Å². The minimum Gasteiger partial charge on any atom is -0.493 e. The van der Waals surface area contributed by atoms with Gasteiger partial charge in [0.15, 0.2) is 0 Å². The van der Waals surface area contributed by atoms with Crippen molar-refractivity contribution >= 4 is 11.6 Å². The van der Waals surface area contributed by atoms with Gasteiger partial charge < -0.3 is 4.74 Å². The van der Waals surface area contributed by atoms with Crippen LogP contribution in [0.2, 0.25) is 5.15 Å². The first kappa shape index (κ1) is 15.6. The number of hydrogen-bond acceptors (Lipinski definition) is 3. The van der Waals surface area contributed by atoms with Crippen molar-refractivity contribution in [2.75, 3.05) is 6.61 Å². The van der Waals surface area contributed by atoms with Crippen molar-refractivity contribution in [1.29, 1.82) is 0 Å². The third-order valence-corrected chi connectivity index (χ3v) is 2.77. The molecule has 0 saturated carbocycles. The summed E-state index contributed by atoms with van der Waals surface area (Å²) in [5.74, 6) is -0.808. The zero-order chi connectivity index (χ0) is 15.5. The second-order valence-corrected chi connectivity index (χ2v) is 4.63. The number of benzene rings is 1. The number of ether oxygens (including phenoxy) is 1. The van der Waals surface area contributed by atoms with Crippen LogP contribution in [-0.4, -0.2) is 16.6 Å². The number of nitrogens with zero attached hydrogens (tertiary/aromatic N) is 2. The standard InChI is InChI=1S/C14H12ClF3N2O/c1-2-7-21-11-6-4-3-5-9(11)10-8-12(15)20-13(19-10)14(16,17)18/h3-6,8H,2,7H2,1H3. The lowest BCUT2D eigenvalue weighted by Gasteiger charge is -2.12.